The Bertz CT molecular complexity index is 491. The first kappa shape index (κ1) is 15.1. The van der Waals surface area contributed by atoms with Gasteiger partial charge in [0.05, 0.1) is 0 Å². The number of anilines is 1. The van der Waals surface area contributed by atoms with Crippen molar-refractivity contribution in [3.63, 3.8) is 0 Å². The lowest BCUT2D eigenvalue weighted by atomic mass is 9.84. The van der Waals surface area contributed by atoms with Gasteiger partial charge in [-0.15, -0.1) is 0 Å². The molecule has 2 atom stereocenters. The van der Waals surface area contributed by atoms with Crippen molar-refractivity contribution < 1.29 is 0 Å². The molecule has 0 aliphatic carbocycles. The minimum absolute atomic E-state index is 0.780. The van der Waals surface area contributed by atoms with Crippen LogP contribution in [0.5, 0.6) is 0 Å². The summed E-state index contributed by atoms with van der Waals surface area (Å²) in [5.41, 5.74) is 2.56. The molecule has 0 saturated carbocycles. The van der Waals surface area contributed by atoms with Crippen LogP contribution >= 0.6 is 11.6 Å². The number of halogens is 1. The average Bonchev–Trinajstić information content (AvgIpc) is 2.49. The van der Waals surface area contributed by atoms with Crippen LogP contribution in [-0.2, 0) is 6.54 Å². The molecular weight excluding hydrogens is 282 g/mol. The lowest BCUT2D eigenvalue weighted by molar-refractivity contribution is 0.102. The molecule has 3 nitrogen and oxygen atoms in total. The largest absolute Gasteiger partial charge is 0.371 e. The van der Waals surface area contributed by atoms with Crippen molar-refractivity contribution >= 4 is 17.3 Å². The molecule has 2 fully saturated rings. The number of hydrogen-bond donors (Lipinski definition) is 1. The van der Waals surface area contributed by atoms with E-state index >= 15 is 0 Å². The number of fused-ring (bicyclic) bond motifs is 1. The summed E-state index contributed by atoms with van der Waals surface area (Å²) in [6.45, 7) is 4.41. The number of rotatable bonds is 3. The van der Waals surface area contributed by atoms with E-state index in [1.165, 1.54) is 43.6 Å². The number of likely N-dealkylation sites (tertiary alicyclic amines) is 1. The maximum Gasteiger partial charge on any atom is 0.0471 e. The van der Waals surface area contributed by atoms with Crippen LogP contribution in [0.3, 0.4) is 0 Å². The minimum atomic E-state index is 0.780. The van der Waals surface area contributed by atoms with Gasteiger partial charge in [0, 0.05) is 41.9 Å². The van der Waals surface area contributed by atoms with Crippen molar-refractivity contribution in [2.75, 3.05) is 38.6 Å². The van der Waals surface area contributed by atoms with E-state index in [4.69, 9.17) is 11.6 Å². The topological polar surface area (TPSA) is 18.5 Å². The van der Waals surface area contributed by atoms with Gasteiger partial charge in [-0.2, -0.15) is 0 Å². The molecule has 21 heavy (non-hydrogen) atoms. The van der Waals surface area contributed by atoms with E-state index in [0.29, 0.717) is 0 Å². The first-order chi connectivity index (χ1) is 10.2. The number of nitrogens with one attached hydrogen (secondary N) is 1. The third kappa shape index (κ3) is 3.05. The van der Waals surface area contributed by atoms with Gasteiger partial charge in [-0.1, -0.05) is 17.7 Å². The Balaban J connectivity index is 1.81. The third-order valence-electron chi connectivity index (χ3n) is 5.13. The molecule has 3 rings (SSSR count). The Morgan fingerprint density at radius 3 is 2.95 bits per heavy atom. The van der Waals surface area contributed by atoms with E-state index in [1.807, 2.05) is 13.1 Å². The highest BCUT2D eigenvalue weighted by Gasteiger charge is 2.34. The summed E-state index contributed by atoms with van der Waals surface area (Å²) in [6, 6.07) is 7.09. The monoisotopic (exact) mass is 307 g/mol. The lowest BCUT2D eigenvalue weighted by Crippen LogP contribution is -2.52. The summed E-state index contributed by atoms with van der Waals surface area (Å²) in [5, 5.41) is 4.13. The summed E-state index contributed by atoms with van der Waals surface area (Å²) < 4.78 is 0. The smallest absolute Gasteiger partial charge is 0.0471 e. The molecule has 0 amide bonds. The number of benzene rings is 1. The van der Waals surface area contributed by atoms with Crippen molar-refractivity contribution in [1.29, 1.82) is 0 Å². The summed E-state index contributed by atoms with van der Waals surface area (Å²) in [6.07, 6.45) is 3.98. The minimum Gasteiger partial charge on any atom is -0.371 e. The summed E-state index contributed by atoms with van der Waals surface area (Å²) in [4.78, 5) is 5.12. The van der Waals surface area contributed by atoms with E-state index in [2.05, 4.69) is 34.3 Å². The first-order valence-corrected chi connectivity index (χ1v) is 8.45. The van der Waals surface area contributed by atoms with Crippen molar-refractivity contribution in [3.8, 4) is 0 Å². The van der Waals surface area contributed by atoms with E-state index in [9.17, 15) is 0 Å². The Hall–Kier alpha value is -0.770. The van der Waals surface area contributed by atoms with Crippen LogP contribution in [-0.4, -0.2) is 44.7 Å². The highest BCUT2D eigenvalue weighted by atomic mass is 35.5. The SMILES string of the molecule is CNCc1c(Cl)cccc1N1CCC2C(CCCN2C)C1. The van der Waals surface area contributed by atoms with Crippen LogP contribution in [0, 0.1) is 5.92 Å². The fourth-order valence-corrected chi connectivity index (χ4v) is 4.30. The van der Waals surface area contributed by atoms with Gasteiger partial charge < -0.3 is 15.1 Å². The zero-order chi connectivity index (χ0) is 14.8. The van der Waals surface area contributed by atoms with Gasteiger partial charge >= 0.3 is 0 Å². The quantitative estimate of drug-likeness (QED) is 0.926. The standard InChI is InChI=1S/C17H26ClN3/c1-19-11-14-15(18)6-3-7-17(14)21-10-8-16-13(12-21)5-4-9-20(16)2/h3,6-7,13,16,19H,4-5,8-12H2,1-2H3. The molecule has 116 valence electrons. The second kappa shape index (κ2) is 6.55. The van der Waals surface area contributed by atoms with Crippen LogP contribution in [0.4, 0.5) is 5.69 Å². The molecule has 1 aromatic carbocycles. The van der Waals surface area contributed by atoms with Crippen LogP contribution < -0.4 is 10.2 Å². The lowest BCUT2D eigenvalue weighted by Gasteiger charge is -2.47. The van der Waals surface area contributed by atoms with Crippen LogP contribution in [0.25, 0.3) is 0 Å². The zero-order valence-electron chi connectivity index (χ0n) is 13.1. The van der Waals surface area contributed by atoms with Gasteiger partial charge in [-0.05, 0) is 58.0 Å². The first-order valence-electron chi connectivity index (χ1n) is 8.08. The normalized spacial score (nSPS) is 26.7. The van der Waals surface area contributed by atoms with Crippen LogP contribution in [0.2, 0.25) is 5.02 Å². The highest BCUT2D eigenvalue weighted by Crippen LogP contribution is 2.35. The van der Waals surface area contributed by atoms with Gasteiger partial charge in [0.1, 0.15) is 0 Å². The molecule has 2 heterocycles. The Kier molecular flexibility index (Phi) is 4.72. The predicted octanol–water partition coefficient (Wildman–Crippen LogP) is 2.98. The molecule has 2 aliphatic rings. The van der Waals surface area contributed by atoms with E-state index < -0.39 is 0 Å². The molecule has 0 aromatic heterocycles. The molecular formula is C17H26ClN3. The summed E-state index contributed by atoms with van der Waals surface area (Å²) in [7, 11) is 4.27. The van der Waals surface area contributed by atoms with Gasteiger partial charge in [0.15, 0.2) is 0 Å². The highest BCUT2D eigenvalue weighted by molar-refractivity contribution is 6.31. The third-order valence-corrected chi connectivity index (χ3v) is 5.49. The fraction of sp³-hybridized carbons (Fsp3) is 0.647. The Morgan fingerprint density at radius 1 is 1.29 bits per heavy atom. The van der Waals surface area contributed by atoms with E-state index in [1.54, 1.807) is 0 Å². The molecule has 4 heteroatoms. The number of piperidine rings is 2. The maximum atomic E-state index is 6.41. The van der Waals surface area contributed by atoms with Crippen LogP contribution in [0.1, 0.15) is 24.8 Å². The molecule has 2 unspecified atom stereocenters. The number of hydrogen-bond acceptors (Lipinski definition) is 3. The Labute approximate surface area is 133 Å². The molecule has 0 radical (unpaired) electrons. The average molecular weight is 308 g/mol. The Morgan fingerprint density at radius 2 is 2.14 bits per heavy atom. The van der Waals surface area contributed by atoms with E-state index in [-0.39, 0.29) is 0 Å². The van der Waals surface area contributed by atoms with Crippen molar-refractivity contribution in [2.45, 2.75) is 31.8 Å². The van der Waals surface area contributed by atoms with Gasteiger partial charge in [-0.25, -0.2) is 0 Å². The van der Waals surface area contributed by atoms with Crippen molar-refractivity contribution in [3.05, 3.63) is 28.8 Å². The predicted molar refractivity (Wildman–Crippen MR) is 90.2 cm³/mol. The number of nitrogens with zero attached hydrogens (tertiary/aromatic N) is 2. The van der Waals surface area contributed by atoms with Crippen LogP contribution in [0.15, 0.2) is 18.2 Å². The van der Waals surface area contributed by atoms with Crippen molar-refractivity contribution in [2.24, 2.45) is 5.92 Å². The molecule has 0 bridgehead atoms. The zero-order valence-corrected chi connectivity index (χ0v) is 13.9. The van der Waals surface area contributed by atoms with Crippen molar-refractivity contribution in [1.82, 2.24) is 10.2 Å². The van der Waals surface area contributed by atoms with Gasteiger partial charge in [0.25, 0.3) is 0 Å². The van der Waals surface area contributed by atoms with Gasteiger partial charge in [0.2, 0.25) is 0 Å². The molecule has 1 aromatic rings. The molecule has 0 spiro atoms. The molecule has 2 aliphatic heterocycles. The fourth-order valence-electron chi connectivity index (χ4n) is 4.07. The van der Waals surface area contributed by atoms with E-state index in [0.717, 1.165) is 30.1 Å². The van der Waals surface area contributed by atoms with Gasteiger partial charge in [-0.3, -0.25) is 0 Å². The second-order valence-corrected chi connectivity index (χ2v) is 6.86. The molecule has 1 N–H and O–H groups in total. The second-order valence-electron chi connectivity index (χ2n) is 6.45. The maximum absolute atomic E-state index is 6.41. The summed E-state index contributed by atoms with van der Waals surface area (Å²) >= 11 is 6.41. The summed E-state index contributed by atoms with van der Waals surface area (Å²) in [5.74, 6) is 0.805. The molecule has 2 saturated heterocycles.